The molecule has 18 heteroatoms. The SMILES string of the molecule is C[C@@H]1CCC[C@H](n2cnc(-c3cc(Cl)ccc3-n3cc(CO)nn3)cc2=O)c2cc(ccn2)-c2c(cnn2C)NC1=O.O=C(O)C(F)(F)F. The molecule has 2 atom stereocenters. The molecule has 4 aromatic heterocycles. The second-order valence-electron chi connectivity index (χ2n) is 11.1. The average Bonchev–Trinajstić information content (AvgIpc) is 3.69. The number of nitrogens with one attached hydrogen (secondary N) is 1. The molecule has 49 heavy (non-hydrogen) atoms. The van der Waals surface area contributed by atoms with Crippen molar-refractivity contribution in [2.24, 2.45) is 13.0 Å². The molecule has 0 aliphatic carbocycles. The minimum Gasteiger partial charge on any atom is -0.475 e. The van der Waals surface area contributed by atoms with Crippen LogP contribution in [0.2, 0.25) is 5.02 Å². The number of carboxylic acids is 1. The lowest BCUT2D eigenvalue weighted by Gasteiger charge is -2.22. The van der Waals surface area contributed by atoms with Crippen LogP contribution in [0.5, 0.6) is 0 Å². The number of hydrogen-bond acceptors (Lipinski definition) is 9. The second-order valence-corrected chi connectivity index (χ2v) is 11.6. The fourth-order valence-corrected chi connectivity index (χ4v) is 5.45. The molecule has 5 aromatic rings. The van der Waals surface area contributed by atoms with Crippen molar-refractivity contribution in [1.29, 1.82) is 0 Å². The standard InChI is InChI=1S/C29H28ClN9O3.C2HF3O2/c1-17-4-3-5-26(23-10-18(8-9-31-23)28-24(34-29(17)42)13-33-37(28)2)38-16-32-22(12-27(38)41)21-11-19(30)6-7-25(21)39-14-20(15-40)35-36-39;3-2(4,5)1(6)7/h6-14,16-17,26,40H,3-5,15H2,1-2H3,(H,34,42);(H,6,7)/t17-,26+;/m1./s1. The number of rotatable bonds is 4. The Morgan fingerprint density at radius 3 is 2.55 bits per heavy atom. The van der Waals surface area contributed by atoms with E-state index < -0.39 is 18.2 Å². The highest BCUT2D eigenvalue weighted by Gasteiger charge is 2.38. The normalized spacial score (nSPS) is 16.3. The van der Waals surface area contributed by atoms with Crippen molar-refractivity contribution in [2.75, 3.05) is 5.32 Å². The van der Waals surface area contributed by atoms with Crippen molar-refractivity contribution in [3.63, 3.8) is 0 Å². The lowest BCUT2D eigenvalue weighted by Crippen LogP contribution is -2.27. The number of halogens is 4. The number of aryl methyl sites for hydroxylation is 1. The van der Waals surface area contributed by atoms with E-state index in [1.165, 1.54) is 17.1 Å². The van der Waals surface area contributed by atoms with E-state index in [4.69, 9.17) is 21.5 Å². The molecule has 3 N–H and O–H groups in total. The van der Waals surface area contributed by atoms with Crippen LogP contribution in [-0.4, -0.2) is 67.6 Å². The molecule has 1 aliphatic heterocycles. The van der Waals surface area contributed by atoms with Gasteiger partial charge in [0, 0.05) is 41.4 Å². The first-order chi connectivity index (χ1) is 23.3. The molecule has 6 rings (SSSR count). The summed E-state index contributed by atoms with van der Waals surface area (Å²) < 4.78 is 36.5. The van der Waals surface area contributed by atoms with Gasteiger partial charge >= 0.3 is 12.1 Å². The average molecular weight is 700 g/mol. The summed E-state index contributed by atoms with van der Waals surface area (Å²) in [4.78, 5) is 44.8. The van der Waals surface area contributed by atoms with Crippen LogP contribution in [0.15, 0.2) is 66.1 Å². The molecule has 0 fully saturated rings. The van der Waals surface area contributed by atoms with E-state index in [2.05, 4.69) is 30.7 Å². The van der Waals surface area contributed by atoms with Gasteiger partial charge in [-0.25, -0.2) is 14.5 Å². The Kier molecular flexibility index (Phi) is 10.2. The number of carbonyl (C=O) groups is 2. The number of aliphatic hydroxyl groups is 1. The van der Waals surface area contributed by atoms with Crippen LogP contribution < -0.4 is 10.9 Å². The van der Waals surface area contributed by atoms with Crippen molar-refractivity contribution in [1.82, 2.24) is 39.3 Å². The molecular weight excluding hydrogens is 671 g/mol. The van der Waals surface area contributed by atoms with Gasteiger partial charge < -0.3 is 15.5 Å². The monoisotopic (exact) mass is 699 g/mol. The first kappa shape index (κ1) is 34.9. The summed E-state index contributed by atoms with van der Waals surface area (Å²) in [5, 5.41) is 32.4. The number of carboxylic acid groups (broad SMARTS) is 1. The fourth-order valence-electron chi connectivity index (χ4n) is 5.28. The number of aliphatic hydroxyl groups excluding tert-OH is 1. The maximum Gasteiger partial charge on any atom is 0.490 e. The Balaban J connectivity index is 0.000000606. The molecule has 2 bridgehead atoms. The molecule has 0 saturated heterocycles. The van der Waals surface area contributed by atoms with Crippen molar-refractivity contribution in [3.8, 4) is 28.2 Å². The molecule has 0 unspecified atom stereocenters. The van der Waals surface area contributed by atoms with E-state index in [9.17, 15) is 27.9 Å². The number of nitrogens with zero attached hydrogens (tertiary/aromatic N) is 8. The van der Waals surface area contributed by atoms with Crippen LogP contribution in [-0.2, 0) is 23.2 Å². The highest BCUT2D eigenvalue weighted by molar-refractivity contribution is 6.31. The number of fused-ring (bicyclic) bond motifs is 4. The number of alkyl halides is 3. The Hall–Kier alpha value is -5.42. The van der Waals surface area contributed by atoms with Crippen LogP contribution in [0.1, 0.15) is 43.6 Å². The van der Waals surface area contributed by atoms with Gasteiger partial charge in [-0.2, -0.15) is 18.3 Å². The third-order valence-corrected chi connectivity index (χ3v) is 7.99. The quantitative estimate of drug-likeness (QED) is 0.243. The zero-order chi connectivity index (χ0) is 35.5. The number of anilines is 1. The zero-order valence-corrected chi connectivity index (χ0v) is 26.7. The van der Waals surface area contributed by atoms with Crippen LogP contribution in [0.3, 0.4) is 0 Å². The Labute approximate surface area is 280 Å². The fraction of sp³-hybridized carbons (Fsp3) is 0.290. The Morgan fingerprint density at radius 1 is 1.12 bits per heavy atom. The van der Waals surface area contributed by atoms with Gasteiger partial charge in [-0.15, -0.1) is 5.10 Å². The highest BCUT2D eigenvalue weighted by Crippen LogP contribution is 2.33. The van der Waals surface area contributed by atoms with Gasteiger partial charge in [-0.1, -0.05) is 30.2 Å². The van der Waals surface area contributed by atoms with Gasteiger partial charge in [0.2, 0.25) is 5.91 Å². The van der Waals surface area contributed by atoms with Crippen molar-refractivity contribution >= 4 is 29.2 Å². The number of hydrogen-bond donors (Lipinski definition) is 3. The zero-order valence-electron chi connectivity index (χ0n) is 26.0. The maximum absolute atomic E-state index is 13.7. The molecule has 0 spiro atoms. The molecule has 14 nitrogen and oxygen atoms in total. The smallest absolute Gasteiger partial charge is 0.475 e. The van der Waals surface area contributed by atoms with Gasteiger partial charge in [-0.3, -0.25) is 23.8 Å². The van der Waals surface area contributed by atoms with Gasteiger partial charge in [0.05, 0.1) is 59.8 Å². The van der Waals surface area contributed by atoms with Crippen molar-refractivity contribution < 1.29 is 33.0 Å². The molecule has 256 valence electrons. The largest absolute Gasteiger partial charge is 0.490 e. The predicted molar refractivity (Wildman–Crippen MR) is 170 cm³/mol. The van der Waals surface area contributed by atoms with Gasteiger partial charge in [-0.05, 0) is 43.2 Å². The molecule has 1 aliphatic rings. The molecule has 5 heterocycles. The lowest BCUT2D eigenvalue weighted by molar-refractivity contribution is -0.192. The second kappa shape index (κ2) is 14.4. The third-order valence-electron chi connectivity index (χ3n) is 7.75. The first-order valence-electron chi connectivity index (χ1n) is 14.8. The van der Waals surface area contributed by atoms with Crippen LogP contribution in [0.25, 0.3) is 28.2 Å². The third kappa shape index (κ3) is 7.84. The number of amides is 1. The van der Waals surface area contributed by atoms with Gasteiger partial charge in [0.1, 0.15) is 5.69 Å². The van der Waals surface area contributed by atoms with Crippen LogP contribution >= 0.6 is 11.6 Å². The van der Waals surface area contributed by atoms with Gasteiger partial charge in [0.25, 0.3) is 5.56 Å². The topological polar surface area (TPSA) is 183 Å². The molecule has 1 amide bonds. The molecule has 0 radical (unpaired) electrons. The number of benzene rings is 1. The van der Waals surface area contributed by atoms with E-state index in [-0.39, 0.29) is 24.0 Å². The van der Waals surface area contributed by atoms with Crippen molar-refractivity contribution in [2.45, 2.75) is 45.0 Å². The maximum atomic E-state index is 13.7. The summed E-state index contributed by atoms with van der Waals surface area (Å²) in [6.45, 7) is 1.65. The molecular formula is C31H29ClF3N9O5. The molecule has 1 aromatic carbocycles. The summed E-state index contributed by atoms with van der Waals surface area (Å²) in [5.74, 6) is -3.06. The summed E-state index contributed by atoms with van der Waals surface area (Å²) in [5.41, 5.74) is 4.66. The van der Waals surface area contributed by atoms with Crippen LogP contribution in [0, 0.1) is 5.92 Å². The van der Waals surface area contributed by atoms with Crippen LogP contribution in [0.4, 0.5) is 18.9 Å². The number of carbonyl (C=O) groups excluding carboxylic acids is 1. The number of aromatic nitrogens is 8. The van der Waals surface area contributed by atoms with E-state index in [1.807, 2.05) is 26.1 Å². The Bertz CT molecular complexity index is 2060. The van der Waals surface area contributed by atoms with E-state index >= 15 is 0 Å². The number of aliphatic carboxylic acids is 1. The Morgan fingerprint density at radius 2 is 1.88 bits per heavy atom. The summed E-state index contributed by atoms with van der Waals surface area (Å²) in [7, 11) is 1.82. The highest BCUT2D eigenvalue weighted by atomic mass is 35.5. The van der Waals surface area contributed by atoms with Gasteiger partial charge in [0.15, 0.2) is 0 Å². The number of pyridine rings is 1. The van der Waals surface area contributed by atoms with E-state index in [0.29, 0.717) is 58.3 Å². The van der Waals surface area contributed by atoms with E-state index in [1.54, 1.807) is 46.0 Å². The summed E-state index contributed by atoms with van der Waals surface area (Å²) >= 11 is 6.33. The molecule has 0 saturated carbocycles. The predicted octanol–water partition coefficient (Wildman–Crippen LogP) is 4.41. The van der Waals surface area contributed by atoms with E-state index in [0.717, 1.165) is 11.3 Å². The van der Waals surface area contributed by atoms with Crippen molar-refractivity contribution in [3.05, 3.63) is 88.1 Å². The minimum absolute atomic E-state index is 0.0744. The summed E-state index contributed by atoms with van der Waals surface area (Å²) in [6, 6.07) is 10.0. The first-order valence-corrected chi connectivity index (χ1v) is 15.1. The minimum atomic E-state index is -5.08. The summed E-state index contributed by atoms with van der Waals surface area (Å²) in [6.07, 6.45) is 3.30. The lowest BCUT2D eigenvalue weighted by atomic mass is 9.97.